The molecular formula is C27H31ClN4O4. The first-order valence-corrected chi connectivity index (χ1v) is 12.7. The molecule has 1 saturated heterocycles. The Kier molecular flexibility index (Phi) is 8.72. The number of carbonyl (C=O) groups excluding carboxylic acids is 2. The van der Waals surface area contributed by atoms with Crippen molar-refractivity contribution in [3.63, 3.8) is 0 Å². The van der Waals surface area contributed by atoms with Crippen LogP contribution in [0, 0.1) is 0 Å². The monoisotopic (exact) mass is 510 g/mol. The van der Waals surface area contributed by atoms with Crippen molar-refractivity contribution in [3.05, 3.63) is 82.6 Å². The zero-order valence-corrected chi connectivity index (χ0v) is 21.1. The molecule has 2 aromatic carbocycles. The molecule has 0 aliphatic carbocycles. The zero-order chi connectivity index (χ0) is 25.5. The van der Waals surface area contributed by atoms with Gasteiger partial charge in [-0.2, -0.15) is 0 Å². The lowest BCUT2D eigenvalue weighted by Gasteiger charge is -2.42. The lowest BCUT2D eigenvalue weighted by molar-refractivity contribution is -0.139. The van der Waals surface area contributed by atoms with Crippen LogP contribution < -0.4 is 0 Å². The van der Waals surface area contributed by atoms with E-state index in [0.717, 1.165) is 24.8 Å². The van der Waals surface area contributed by atoms with Crippen LogP contribution in [0.3, 0.4) is 0 Å². The quantitative estimate of drug-likeness (QED) is 0.330. The summed E-state index contributed by atoms with van der Waals surface area (Å²) >= 11 is 6.07. The number of hydrogen-bond acceptors (Lipinski definition) is 6. The van der Waals surface area contributed by atoms with Gasteiger partial charge in [0.25, 0.3) is 0 Å². The number of amides is 1. The number of likely N-dealkylation sites (tertiary alicyclic amines) is 1. The normalized spacial score (nSPS) is 19.8. The van der Waals surface area contributed by atoms with Crippen molar-refractivity contribution in [2.45, 2.75) is 63.8 Å². The summed E-state index contributed by atoms with van der Waals surface area (Å²) in [5.74, 6) is -0.394. The van der Waals surface area contributed by atoms with E-state index in [4.69, 9.17) is 16.3 Å². The topological polar surface area (TPSA) is 97.6 Å². The lowest BCUT2D eigenvalue weighted by atomic mass is 9.90. The molecule has 4 rings (SSSR count). The van der Waals surface area contributed by atoms with Gasteiger partial charge in [-0.05, 0) is 36.2 Å². The molecule has 1 N–H and O–H groups in total. The van der Waals surface area contributed by atoms with Gasteiger partial charge in [0.2, 0.25) is 5.91 Å². The maximum absolute atomic E-state index is 13.2. The number of unbranched alkanes of at least 4 members (excludes halogenated alkanes) is 2. The van der Waals surface area contributed by atoms with Gasteiger partial charge in [-0.1, -0.05) is 66.9 Å². The van der Waals surface area contributed by atoms with Gasteiger partial charge in [0.05, 0.1) is 29.9 Å². The molecular weight excluding hydrogens is 480 g/mol. The minimum Gasteiger partial charge on any atom is -0.455 e. The van der Waals surface area contributed by atoms with E-state index in [1.54, 1.807) is 47.3 Å². The Bertz CT molecular complexity index is 1150. The molecule has 1 aliphatic rings. The number of halogens is 1. The molecule has 1 aliphatic heterocycles. The first kappa shape index (κ1) is 25.9. The van der Waals surface area contributed by atoms with E-state index in [9.17, 15) is 14.7 Å². The molecule has 2 heterocycles. The number of rotatable bonds is 9. The Balaban J connectivity index is 1.47. The molecule has 3 atom stereocenters. The maximum Gasteiger partial charge on any atom is 0.338 e. The van der Waals surface area contributed by atoms with Gasteiger partial charge in [-0.25, -0.2) is 9.48 Å². The highest BCUT2D eigenvalue weighted by molar-refractivity contribution is 6.30. The van der Waals surface area contributed by atoms with Crippen molar-refractivity contribution in [2.24, 2.45) is 0 Å². The van der Waals surface area contributed by atoms with Crippen molar-refractivity contribution < 1.29 is 19.4 Å². The number of nitrogens with zero attached hydrogens (tertiary/aromatic N) is 4. The molecule has 190 valence electrons. The van der Waals surface area contributed by atoms with E-state index < -0.39 is 18.1 Å². The van der Waals surface area contributed by atoms with Crippen LogP contribution in [0.4, 0.5) is 0 Å². The van der Waals surface area contributed by atoms with Crippen molar-refractivity contribution in [1.29, 1.82) is 0 Å². The second-order valence-corrected chi connectivity index (χ2v) is 9.51. The number of ether oxygens (including phenoxy) is 1. The average Bonchev–Trinajstić information content (AvgIpc) is 3.37. The molecule has 0 saturated carbocycles. The summed E-state index contributed by atoms with van der Waals surface area (Å²) in [7, 11) is 0. The summed E-state index contributed by atoms with van der Waals surface area (Å²) in [6.45, 7) is 2.36. The summed E-state index contributed by atoms with van der Waals surface area (Å²) in [5, 5.41) is 20.0. The van der Waals surface area contributed by atoms with Gasteiger partial charge in [0, 0.05) is 24.4 Å². The first-order chi connectivity index (χ1) is 17.5. The second-order valence-electron chi connectivity index (χ2n) is 9.07. The fourth-order valence-corrected chi connectivity index (χ4v) is 4.63. The Morgan fingerprint density at radius 3 is 2.58 bits per heavy atom. The van der Waals surface area contributed by atoms with Crippen LogP contribution in [0.2, 0.25) is 5.02 Å². The van der Waals surface area contributed by atoms with Crippen LogP contribution in [-0.2, 0) is 16.1 Å². The molecule has 0 radical (unpaired) electrons. The van der Waals surface area contributed by atoms with Crippen molar-refractivity contribution in [2.75, 3.05) is 6.54 Å². The van der Waals surface area contributed by atoms with Crippen LogP contribution in [0.1, 0.15) is 72.7 Å². The smallest absolute Gasteiger partial charge is 0.338 e. The summed E-state index contributed by atoms with van der Waals surface area (Å²) in [4.78, 5) is 27.3. The number of benzene rings is 2. The van der Waals surface area contributed by atoms with Crippen LogP contribution >= 0.6 is 11.6 Å². The van der Waals surface area contributed by atoms with Crippen LogP contribution in [0.25, 0.3) is 0 Å². The Hall–Kier alpha value is -3.23. The molecule has 3 aromatic rings. The van der Waals surface area contributed by atoms with E-state index in [1.165, 1.54) is 0 Å². The zero-order valence-electron chi connectivity index (χ0n) is 20.3. The van der Waals surface area contributed by atoms with Crippen LogP contribution in [0.5, 0.6) is 0 Å². The Morgan fingerprint density at radius 2 is 1.86 bits per heavy atom. The second kappa shape index (κ2) is 12.1. The summed E-state index contributed by atoms with van der Waals surface area (Å²) < 4.78 is 6.92. The molecule has 36 heavy (non-hydrogen) atoms. The van der Waals surface area contributed by atoms with Gasteiger partial charge in [-0.3, -0.25) is 4.79 Å². The predicted molar refractivity (Wildman–Crippen MR) is 135 cm³/mol. The third kappa shape index (κ3) is 6.30. The van der Waals surface area contributed by atoms with Gasteiger partial charge >= 0.3 is 5.97 Å². The highest BCUT2D eigenvalue weighted by Crippen LogP contribution is 2.36. The van der Waals surface area contributed by atoms with Crippen LogP contribution in [-0.4, -0.2) is 49.5 Å². The summed E-state index contributed by atoms with van der Waals surface area (Å²) in [6, 6.07) is 15.4. The van der Waals surface area contributed by atoms with Crippen molar-refractivity contribution in [3.8, 4) is 0 Å². The number of hydrogen-bond donors (Lipinski definition) is 1. The number of esters is 1. The number of aromatic nitrogens is 3. The molecule has 1 amide bonds. The number of aliphatic hydroxyl groups excluding tert-OH is 1. The molecule has 8 nitrogen and oxygen atoms in total. The molecule has 9 heteroatoms. The van der Waals surface area contributed by atoms with Crippen LogP contribution in [0.15, 0.2) is 60.8 Å². The molecule has 1 fully saturated rings. The van der Waals surface area contributed by atoms with Gasteiger partial charge in [0.15, 0.2) is 0 Å². The highest BCUT2D eigenvalue weighted by Gasteiger charge is 2.39. The van der Waals surface area contributed by atoms with Crippen molar-refractivity contribution in [1.82, 2.24) is 19.9 Å². The summed E-state index contributed by atoms with van der Waals surface area (Å²) in [5.41, 5.74) is 1.86. The first-order valence-electron chi connectivity index (χ1n) is 12.3. The molecule has 0 unspecified atom stereocenters. The van der Waals surface area contributed by atoms with Gasteiger partial charge in [-0.15, -0.1) is 5.10 Å². The lowest BCUT2D eigenvalue weighted by Crippen LogP contribution is -2.48. The SMILES string of the molecule is CCCCCC(=O)N1C[C@H](n2cc(COC(=O)c3ccccc3)nn2)[C@@H](O)C[C@H]1c1ccc(Cl)cc1. The fraction of sp³-hybridized carbons (Fsp3) is 0.407. The third-order valence-corrected chi connectivity index (χ3v) is 6.75. The van der Waals surface area contributed by atoms with E-state index in [1.807, 2.05) is 23.1 Å². The number of piperidine rings is 1. The van der Waals surface area contributed by atoms with E-state index in [2.05, 4.69) is 17.2 Å². The average molecular weight is 511 g/mol. The minimum absolute atomic E-state index is 0.0381. The third-order valence-electron chi connectivity index (χ3n) is 6.50. The number of aliphatic hydroxyl groups is 1. The van der Waals surface area contributed by atoms with Gasteiger partial charge < -0.3 is 14.7 Å². The maximum atomic E-state index is 13.2. The minimum atomic E-state index is -0.744. The molecule has 1 aromatic heterocycles. The van der Waals surface area contributed by atoms with E-state index >= 15 is 0 Å². The largest absolute Gasteiger partial charge is 0.455 e. The Labute approximate surface area is 215 Å². The van der Waals surface area contributed by atoms with E-state index in [0.29, 0.717) is 35.7 Å². The molecule has 0 bridgehead atoms. The predicted octanol–water partition coefficient (Wildman–Crippen LogP) is 4.74. The van der Waals surface area contributed by atoms with Crippen molar-refractivity contribution >= 4 is 23.5 Å². The fourth-order valence-electron chi connectivity index (χ4n) is 4.51. The molecule has 0 spiro atoms. The highest BCUT2D eigenvalue weighted by atomic mass is 35.5. The summed E-state index contributed by atoms with van der Waals surface area (Å²) in [6.07, 6.45) is 4.59. The standard InChI is InChI=1S/C27H31ClN4O4/c1-2-3-5-10-26(34)31-17-24(25(33)15-23(31)19-11-13-21(28)14-12-19)32-16-22(29-30-32)18-36-27(35)20-8-6-4-7-9-20/h4,6-9,11-14,16,23-25,33H,2-3,5,10,15,17-18H2,1H3/t23-,24-,25-/m0/s1. The Morgan fingerprint density at radius 1 is 1.11 bits per heavy atom. The van der Waals surface area contributed by atoms with Gasteiger partial charge in [0.1, 0.15) is 12.3 Å². The number of carbonyl (C=O) groups is 2. The van der Waals surface area contributed by atoms with E-state index in [-0.39, 0.29) is 18.6 Å².